The third-order valence-electron chi connectivity index (χ3n) is 4.30. The number of aliphatic hydroxyl groups excluding tert-OH is 1. The lowest BCUT2D eigenvalue weighted by Gasteiger charge is -2.16. The molecule has 3 rings (SSSR count). The molecule has 6 nitrogen and oxygen atoms in total. The van der Waals surface area contributed by atoms with E-state index in [4.69, 9.17) is 5.73 Å². The lowest BCUT2D eigenvalue weighted by molar-refractivity contribution is -0.130. The molecule has 1 aliphatic rings. The van der Waals surface area contributed by atoms with Crippen molar-refractivity contribution in [2.24, 2.45) is 11.7 Å². The second kappa shape index (κ2) is 6.46. The molecule has 1 amide bonds. The Balaban J connectivity index is 1.63. The van der Waals surface area contributed by atoms with Gasteiger partial charge in [-0.25, -0.2) is 4.98 Å². The Morgan fingerprint density at radius 3 is 3.09 bits per heavy atom. The number of nitrogens with zero attached hydrogens (tertiary/aromatic N) is 3. The van der Waals surface area contributed by atoms with Crippen molar-refractivity contribution in [1.82, 2.24) is 14.3 Å². The highest BCUT2D eigenvalue weighted by atomic mass is 16.3. The molecular weight excluding hydrogens is 280 g/mol. The number of pyridine rings is 1. The second-order valence-corrected chi connectivity index (χ2v) is 5.95. The summed E-state index contributed by atoms with van der Waals surface area (Å²) in [6, 6.07) is 4.01. The summed E-state index contributed by atoms with van der Waals surface area (Å²) in [5.41, 5.74) is 7.50. The molecule has 2 aromatic heterocycles. The molecule has 1 aliphatic heterocycles. The van der Waals surface area contributed by atoms with Gasteiger partial charge in [-0.1, -0.05) is 6.07 Å². The van der Waals surface area contributed by atoms with Crippen LogP contribution in [0.1, 0.15) is 18.4 Å². The van der Waals surface area contributed by atoms with E-state index in [2.05, 4.69) is 4.98 Å². The molecular formula is C16H22N4O2. The minimum absolute atomic E-state index is 0.0859. The highest BCUT2D eigenvalue weighted by Gasteiger charge is 2.33. The summed E-state index contributed by atoms with van der Waals surface area (Å²) < 4.78 is 1.97. The van der Waals surface area contributed by atoms with Gasteiger partial charge in [0.05, 0.1) is 6.10 Å². The molecule has 0 spiro atoms. The average Bonchev–Trinajstić information content (AvgIpc) is 3.11. The summed E-state index contributed by atoms with van der Waals surface area (Å²) in [6.45, 7) is 1.57. The molecule has 1 saturated heterocycles. The van der Waals surface area contributed by atoms with Gasteiger partial charge < -0.3 is 20.1 Å². The van der Waals surface area contributed by atoms with Gasteiger partial charge in [0.2, 0.25) is 5.91 Å². The smallest absolute Gasteiger partial charge is 0.222 e. The molecule has 0 unspecified atom stereocenters. The largest absolute Gasteiger partial charge is 0.391 e. The summed E-state index contributed by atoms with van der Waals surface area (Å²) in [6.07, 6.45) is 7.18. The maximum atomic E-state index is 12.0. The third kappa shape index (κ3) is 3.13. The fraction of sp³-hybridized carbons (Fsp3) is 0.500. The number of aliphatic hydroxyl groups is 1. The first-order valence-electron chi connectivity index (χ1n) is 7.75. The van der Waals surface area contributed by atoms with Crippen molar-refractivity contribution in [2.75, 3.05) is 19.6 Å². The molecule has 2 aromatic rings. The van der Waals surface area contributed by atoms with Crippen LogP contribution in [0.2, 0.25) is 0 Å². The number of hydrogen-bond donors (Lipinski definition) is 2. The maximum absolute atomic E-state index is 12.0. The number of carbonyl (C=O) groups is 1. The third-order valence-corrected chi connectivity index (χ3v) is 4.30. The van der Waals surface area contributed by atoms with Crippen molar-refractivity contribution >= 4 is 11.6 Å². The fourth-order valence-electron chi connectivity index (χ4n) is 3.06. The SMILES string of the molecule is NCCCC(=O)N1C[C@H](Cc2ccc3nccn3c2)[C@H](O)C1. The van der Waals surface area contributed by atoms with Crippen molar-refractivity contribution in [1.29, 1.82) is 0 Å². The van der Waals surface area contributed by atoms with E-state index in [0.29, 0.717) is 32.5 Å². The molecule has 0 aromatic carbocycles. The van der Waals surface area contributed by atoms with Crippen LogP contribution < -0.4 is 5.73 Å². The van der Waals surface area contributed by atoms with Gasteiger partial charge in [-0.15, -0.1) is 0 Å². The van der Waals surface area contributed by atoms with Crippen LogP contribution in [0, 0.1) is 5.92 Å². The van der Waals surface area contributed by atoms with Crippen LogP contribution >= 0.6 is 0 Å². The van der Waals surface area contributed by atoms with Crippen LogP contribution in [0.3, 0.4) is 0 Å². The van der Waals surface area contributed by atoms with Gasteiger partial charge in [0.1, 0.15) is 5.65 Å². The van der Waals surface area contributed by atoms with E-state index in [9.17, 15) is 9.90 Å². The van der Waals surface area contributed by atoms with E-state index < -0.39 is 6.10 Å². The van der Waals surface area contributed by atoms with Crippen molar-refractivity contribution < 1.29 is 9.90 Å². The number of β-amino-alcohol motifs (C(OH)–C–C–N with tert-alkyl or cyclic N) is 1. The second-order valence-electron chi connectivity index (χ2n) is 5.95. The lowest BCUT2D eigenvalue weighted by Crippen LogP contribution is -2.29. The molecule has 118 valence electrons. The van der Waals surface area contributed by atoms with Crippen LogP contribution in [0.5, 0.6) is 0 Å². The molecule has 0 bridgehead atoms. The molecule has 1 fully saturated rings. The number of fused-ring (bicyclic) bond motifs is 1. The predicted octanol–water partition coefficient (Wildman–Crippen LogP) is 0.435. The van der Waals surface area contributed by atoms with E-state index in [1.165, 1.54) is 0 Å². The predicted molar refractivity (Wildman–Crippen MR) is 83.3 cm³/mol. The van der Waals surface area contributed by atoms with Gasteiger partial charge in [-0.3, -0.25) is 4.79 Å². The average molecular weight is 302 g/mol. The monoisotopic (exact) mass is 302 g/mol. The first-order chi connectivity index (χ1) is 10.7. The van der Waals surface area contributed by atoms with Crippen LogP contribution in [-0.2, 0) is 11.2 Å². The molecule has 0 radical (unpaired) electrons. The number of imidazole rings is 1. The molecule has 3 heterocycles. The van der Waals surface area contributed by atoms with Gasteiger partial charge in [-0.05, 0) is 31.0 Å². The zero-order chi connectivity index (χ0) is 15.5. The number of nitrogens with two attached hydrogens (primary N) is 1. The molecule has 0 saturated carbocycles. The minimum Gasteiger partial charge on any atom is -0.391 e. The molecule has 22 heavy (non-hydrogen) atoms. The summed E-state index contributed by atoms with van der Waals surface area (Å²) >= 11 is 0. The molecule has 0 aliphatic carbocycles. The van der Waals surface area contributed by atoms with Crippen LogP contribution in [0.15, 0.2) is 30.7 Å². The van der Waals surface area contributed by atoms with E-state index >= 15 is 0 Å². The van der Waals surface area contributed by atoms with E-state index in [1.54, 1.807) is 11.1 Å². The Bertz CT molecular complexity index is 654. The van der Waals surface area contributed by atoms with Crippen LogP contribution in [0.4, 0.5) is 0 Å². The number of carbonyl (C=O) groups excluding carboxylic acids is 1. The fourth-order valence-corrected chi connectivity index (χ4v) is 3.06. The van der Waals surface area contributed by atoms with Crippen LogP contribution in [0.25, 0.3) is 5.65 Å². The van der Waals surface area contributed by atoms with Gasteiger partial charge >= 0.3 is 0 Å². The Hall–Kier alpha value is -1.92. The van der Waals surface area contributed by atoms with E-state index in [0.717, 1.165) is 17.6 Å². The lowest BCUT2D eigenvalue weighted by atomic mass is 9.98. The topological polar surface area (TPSA) is 83.9 Å². The van der Waals surface area contributed by atoms with Gasteiger partial charge in [0.25, 0.3) is 0 Å². The highest BCUT2D eigenvalue weighted by molar-refractivity contribution is 5.76. The maximum Gasteiger partial charge on any atom is 0.222 e. The first-order valence-corrected chi connectivity index (χ1v) is 7.75. The van der Waals surface area contributed by atoms with Gasteiger partial charge in [-0.2, -0.15) is 0 Å². The van der Waals surface area contributed by atoms with E-state index in [1.807, 2.05) is 28.9 Å². The van der Waals surface area contributed by atoms with Crippen molar-refractivity contribution in [3.05, 3.63) is 36.3 Å². The molecule has 6 heteroatoms. The number of likely N-dealkylation sites (tertiary alicyclic amines) is 1. The van der Waals surface area contributed by atoms with E-state index in [-0.39, 0.29) is 11.8 Å². The highest BCUT2D eigenvalue weighted by Crippen LogP contribution is 2.22. The summed E-state index contributed by atoms with van der Waals surface area (Å²) in [5, 5.41) is 10.2. The number of aromatic nitrogens is 2. The number of amides is 1. The number of rotatable bonds is 5. The Labute approximate surface area is 129 Å². The number of hydrogen-bond acceptors (Lipinski definition) is 4. The van der Waals surface area contributed by atoms with Gasteiger partial charge in [0.15, 0.2) is 0 Å². The van der Waals surface area contributed by atoms with Gasteiger partial charge in [0, 0.05) is 44.0 Å². The summed E-state index contributed by atoms with van der Waals surface area (Å²) in [5.74, 6) is 0.180. The summed E-state index contributed by atoms with van der Waals surface area (Å²) in [7, 11) is 0. The standard InChI is InChI=1S/C16H22N4O2/c17-5-1-2-16(22)20-10-13(14(21)11-20)8-12-3-4-15-18-6-7-19(15)9-12/h3-4,6-7,9,13-14,21H,1-2,5,8,10-11,17H2/t13-,14+/m0/s1. The summed E-state index contributed by atoms with van der Waals surface area (Å²) in [4.78, 5) is 18.0. The normalized spacial score (nSPS) is 21.6. The quantitative estimate of drug-likeness (QED) is 0.839. The Morgan fingerprint density at radius 1 is 1.41 bits per heavy atom. The minimum atomic E-state index is -0.458. The first kappa shape index (κ1) is 15.0. The molecule has 2 atom stereocenters. The van der Waals surface area contributed by atoms with Crippen molar-refractivity contribution in [2.45, 2.75) is 25.4 Å². The Kier molecular flexibility index (Phi) is 4.40. The Morgan fingerprint density at radius 2 is 2.27 bits per heavy atom. The van der Waals surface area contributed by atoms with Crippen LogP contribution in [-0.4, -0.2) is 51.0 Å². The molecule has 3 N–H and O–H groups in total. The zero-order valence-corrected chi connectivity index (χ0v) is 12.6. The van der Waals surface area contributed by atoms with Crippen molar-refractivity contribution in [3.8, 4) is 0 Å². The van der Waals surface area contributed by atoms with Crippen molar-refractivity contribution in [3.63, 3.8) is 0 Å². The zero-order valence-electron chi connectivity index (χ0n) is 12.6.